The van der Waals surface area contributed by atoms with E-state index in [0.29, 0.717) is 44.7 Å². The van der Waals surface area contributed by atoms with Crippen LogP contribution in [0, 0.1) is 11.3 Å². The van der Waals surface area contributed by atoms with Crippen LogP contribution in [0.1, 0.15) is 82.4 Å². The van der Waals surface area contributed by atoms with Gasteiger partial charge in [-0.3, -0.25) is 9.59 Å². The van der Waals surface area contributed by atoms with Crippen LogP contribution >= 0.6 is 32.4 Å². The molecular formula is C35H45Cl2F2N4O2P. The third-order valence-corrected chi connectivity index (χ3v) is 7.84. The molecule has 1 aliphatic rings. The van der Waals surface area contributed by atoms with Gasteiger partial charge in [-0.15, -0.1) is 0 Å². The number of carbonyl (C=O) groups excluding carboxylic acids is 2. The molecule has 0 aromatic heterocycles. The first-order valence-corrected chi connectivity index (χ1v) is 16.5. The van der Waals surface area contributed by atoms with Crippen molar-refractivity contribution < 1.29 is 18.4 Å². The van der Waals surface area contributed by atoms with Crippen molar-refractivity contribution in [3.8, 4) is 6.07 Å². The predicted octanol–water partition coefficient (Wildman–Crippen LogP) is 8.56. The number of carbonyl (C=O) groups is 2. The molecule has 0 bridgehead atoms. The number of unbranched alkanes of at least 4 members (excludes halogenated alkanes) is 1. The van der Waals surface area contributed by atoms with E-state index >= 15 is 0 Å². The Hall–Kier alpha value is -3.08. The molecular weight excluding hydrogens is 648 g/mol. The van der Waals surface area contributed by atoms with Gasteiger partial charge in [0.05, 0.1) is 11.6 Å². The van der Waals surface area contributed by atoms with Crippen molar-refractivity contribution in [2.75, 3.05) is 20.1 Å². The Balaban J connectivity index is 0.000000503. The minimum atomic E-state index is -3.15. The molecule has 2 aromatic carbocycles. The molecule has 2 amide bonds. The fourth-order valence-electron chi connectivity index (χ4n) is 3.94. The highest BCUT2D eigenvalue weighted by Crippen LogP contribution is 2.41. The van der Waals surface area contributed by atoms with Gasteiger partial charge < -0.3 is 16.4 Å². The summed E-state index contributed by atoms with van der Waals surface area (Å²) in [6, 6.07) is 14.5. The van der Waals surface area contributed by atoms with E-state index in [-0.39, 0.29) is 23.6 Å². The number of alkyl halides is 2. The third kappa shape index (κ3) is 15.0. The van der Waals surface area contributed by atoms with E-state index in [1.807, 2.05) is 25.1 Å². The lowest BCUT2D eigenvalue weighted by atomic mass is 10.0. The van der Waals surface area contributed by atoms with Gasteiger partial charge in [-0.2, -0.15) is 14.0 Å². The topological polar surface area (TPSA) is 108 Å². The van der Waals surface area contributed by atoms with Crippen LogP contribution in [0.2, 0.25) is 10.0 Å². The Kier molecular flexibility index (Phi) is 18.6. The Morgan fingerprint density at radius 2 is 1.72 bits per heavy atom. The van der Waals surface area contributed by atoms with Gasteiger partial charge in [-0.1, -0.05) is 70.9 Å². The van der Waals surface area contributed by atoms with Gasteiger partial charge >= 0.3 is 0 Å². The Bertz CT molecular complexity index is 1440. The van der Waals surface area contributed by atoms with E-state index in [1.54, 1.807) is 36.4 Å². The van der Waals surface area contributed by atoms with E-state index in [9.17, 15) is 18.4 Å². The number of hydrogen-bond donors (Lipinski definition) is 3. The average molecular weight is 694 g/mol. The summed E-state index contributed by atoms with van der Waals surface area (Å²) in [4.78, 5) is 24.6. The summed E-state index contributed by atoms with van der Waals surface area (Å²) < 4.78 is 26.8. The Morgan fingerprint density at radius 3 is 2.17 bits per heavy atom. The van der Waals surface area contributed by atoms with Crippen LogP contribution in [-0.2, 0) is 9.59 Å². The lowest BCUT2D eigenvalue weighted by molar-refractivity contribution is -0.117. The molecule has 2 aromatic rings. The van der Waals surface area contributed by atoms with Crippen molar-refractivity contribution in [2.24, 2.45) is 5.73 Å². The number of halogens is 4. The summed E-state index contributed by atoms with van der Waals surface area (Å²) in [6.07, 6.45) is 9.06. The molecule has 0 spiro atoms. The number of nitrogens with two attached hydrogens (primary N) is 1. The van der Waals surface area contributed by atoms with Crippen LogP contribution in [0.3, 0.4) is 0 Å². The highest BCUT2D eigenvalue weighted by molar-refractivity contribution is 7.18. The molecule has 0 saturated heterocycles. The number of hydrogen-bond acceptors (Lipinski definition) is 4. The minimum absolute atomic E-state index is 0.0472. The molecule has 1 saturated carbocycles. The summed E-state index contributed by atoms with van der Waals surface area (Å²) in [5.41, 5.74) is 5.26. The van der Waals surface area contributed by atoms with Crippen LogP contribution in [0.15, 0.2) is 71.3 Å². The number of likely N-dealkylation sites (N-methyl/N-ethyl adjacent to an activating group) is 1. The number of rotatable bonds is 11. The smallest absolute Gasteiger partial charge is 0.280 e. The number of benzene rings is 2. The number of allylic oxidation sites excluding steroid dienone is 2. The van der Waals surface area contributed by atoms with Crippen LogP contribution in [0.4, 0.5) is 8.78 Å². The van der Waals surface area contributed by atoms with Gasteiger partial charge in [0.1, 0.15) is 0 Å². The van der Waals surface area contributed by atoms with Crippen molar-refractivity contribution in [1.29, 1.82) is 5.26 Å². The van der Waals surface area contributed by atoms with E-state index in [0.717, 1.165) is 6.54 Å². The molecule has 1 atom stereocenters. The van der Waals surface area contributed by atoms with Crippen LogP contribution in [0.25, 0.3) is 5.57 Å². The molecule has 0 radical (unpaired) electrons. The van der Waals surface area contributed by atoms with Gasteiger partial charge in [-0.25, -0.2) is 0 Å². The van der Waals surface area contributed by atoms with Crippen LogP contribution < -0.4 is 16.4 Å². The fourth-order valence-corrected chi connectivity index (χ4v) is 4.53. The van der Waals surface area contributed by atoms with Gasteiger partial charge in [0, 0.05) is 40.4 Å². The molecule has 250 valence electrons. The lowest BCUT2D eigenvalue weighted by Gasteiger charge is -2.15. The second kappa shape index (κ2) is 20.9. The largest absolute Gasteiger partial charge is 0.355 e. The first-order chi connectivity index (χ1) is 21.7. The fraction of sp³-hybridized carbons (Fsp3) is 0.400. The molecule has 1 unspecified atom stereocenters. The normalized spacial score (nSPS) is 13.6. The van der Waals surface area contributed by atoms with E-state index < -0.39 is 11.6 Å². The van der Waals surface area contributed by atoms with Gasteiger partial charge in [0.2, 0.25) is 5.91 Å². The van der Waals surface area contributed by atoms with Crippen molar-refractivity contribution >= 4 is 49.8 Å². The molecule has 46 heavy (non-hydrogen) atoms. The van der Waals surface area contributed by atoms with E-state index in [1.165, 1.54) is 61.4 Å². The summed E-state index contributed by atoms with van der Waals surface area (Å²) in [5, 5.41) is 15.1. The second-order valence-electron chi connectivity index (χ2n) is 10.7. The van der Waals surface area contributed by atoms with E-state index in [2.05, 4.69) is 23.6 Å². The Morgan fingerprint density at radius 1 is 1.09 bits per heavy atom. The molecule has 1 aliphatic carbocycles. The first-order valence-electron chi connectivity index (χ1n) is 15.1. The maximum Gasteiger partial charge on any atom is 0.280 e. The lowest BCUT2D eigenvalue weighted by Crippen LogP contribution is -2.28. The zero-order valence-electron chi connectivity index (χ0n) is 27.2. The highest BCUT2D eigenvalue weighted by Gasteiger charge is 2.28. The van der Waals surface area contributed by atoms with Crippen molar-refractivity contribution in [1.82, 2.24) is 10.6 Å². The number of nitriles is 1. The number of nitrogens with zero attached hydrogens (tertiary/aromatic N) is 1. The average Bonchev–Trinajstić information content (AvgIpc) is 3.88. The predicted molar refractivity (Wildman–Crippen MR) is 190 cm³/mol. The summed E-state index contributed by atoms with van der Waals surface area (Å²) in [6.45, 7) is 7.55. The molecule has 6 nitrogen and oxygen atoms in total. The zero-order valence-corrected chi connectivity index (χ0v) is 29.8. The maximum absolute atomic E-state index is 13.4. The molecule has 0 heterocycles. The molecule has 11 heteroatoms. The van der Waals surface area contributed by atoms with Crippen molar-refractivity contribution in [3.05, 3.63) is 98.1 Å². The zero-order chi connectivity index (χ0) is 34.9. The number of nitrogens with one attached hydrogen (secondary N) is 2. The van der Waals surface area contributed by atoms with Gasteiger partial charge in [0.25, 0.3) is 11.6 Å². The maximum atomic E-state index is 13.4. The third-order valence-electron chi connectivity index (χ3n) is 6.93. The quantitative estimate of drug-likeness (QED) is 0.125. The summed E-state index contributed by atoms with van der Waals surface area (Å²) in [7, 11) is 2.95. The van der Waals surface area contributed by atoms with Gasteiger partial charge in [0.15, 0.2) is 0 Å². The Labute approximate surface area is 284 Å². The molecule has 0 aliphatic heterocycles. The summed E-state index contributed by atoms with van der Waals surface area (Å²) >= 11 is 11.8. The number of amides is 2. The van der Waals surface area contributed by atoms with Gasteiger partial charge in [-0.05, 0) is 105 Å². The summed E-state index contributed by atoms with van der Waals surface area (Å²) in [5.74, 6) is -0.223. The first kappa shape index (κ1) is 40.9. The second-order valence-corrected chi connectivity index (χ2v) is 12.3. The van der Waals surface area contributed by atoms with Crippen LogP contribution in [0.5, 0.6) is 0 Å². The standard InChI is InChI=1S/C21H26ClF2N2O2P.C10H8ClN.C4H11N/c1-5-6-15(12-26-19(27)13(2)14(3)21(23,24)29)11-18(20(28)25-4)16-7-9-17(22)10-8-16;11-10-4-7(6-12)3-9(5-10)8-1-2-8;1-2-3-4-5/h6-11H,5,12,29H2,1-4H3,(H,25,28)(H,26,27);3-5,8H,1-2H2;2-5H2,1H3/b14-13+,15-6-,18-11-;;. The van der Waals surface area contributed by atoms with E-state index in [4.69, 9.17) is 34.2 Å². The SMILES string of the molecule is CC/C=C(/C=C(\C(=O)NC)c1ccc(Cl)cc1)CNC(=O)/C(C)=C(\C)C(F)(F)P.CCCCN.N#Cc1cc(Cl)cc(C2CC2)c1. The van der Waals surface area contributed by atoms with Crippen molar-refractivity contribution in [3.63, 3.8) is 0 Å². The highest BCUT2D eigenvalue weighted by atomic mass is 35.5. The molecule has 4 N–H and O–H groups in total. The van der Waals surface area contributed by atoms with Crippen molar-refractivity contribution in [2.45, 2.75) is 71.4 Å². The monoisotopic (exact) mass is 692 g/mol. The van der Waals surface area contributed by atoms with Crippen LogP contribution in [-0.4, -0.2) is 37.6 Å². The minimum Gasteiger partial charge on any atom is -0.355 e. The molecule has 1 fully saturated rings. The molecule has 3 rings (SSSR count).